The molecule has 1 aromatic heterocycles. The maximum absolute atomic E-state index is 13.7. The summed E-state index contributed by atoms with van der Waals surface area (Å²) in [5, 5.41) is 0. The minimum absolute atomic E-state index is 0.0584. The van der Waals surface area contributed by atoms with E-state index in [-0.39, 0.29) is 5.56 Å². The SMILES string of the molecule is CC(Oc1ccc2ncsc2c1)c1c(F)cccc1F. The molecule has 0 saturated heterocycles. The monoisotopic (exact) mass is 291 g/mol. The average Bonchev–Trinajstić information content (AvgIpc) is 2.85. The van der Waals surface area contributed by atoms with Crippen LogP contribution < -0.4 is 4.74 Å². The minimum atomic E-state index is -0.707. The Morgan fingerprint density at radius 1 is 1.15 bits per heavy atom. The zero-order chi connectivity index (χ0) is 14.1. The Balaban J connectivity index is 1.90. The number of halogens is 2. The highest BCUT2D eigenvalue weighted by Crippen LogP contribution is 2.29. The number of hydrogen-bond donors (Lipinski definition) is 0. The van der Waals surface area contributed by atoms with E-state index in [9.17, 15) is 8.78 Å². The smallest absolute Gasteiger partial charge is 0.133 e. The Hall–Kier alpha value is -2.01. The van der Waals surface area contributed by atoms with Crippen molar-refractivity contribution in [3.63, 3.8) is 0 Å². The first-order valence-electron chi connectivity index (χ1n) is 6.09. The number of thiazole rings is 1. The zero-order valence-electron chi connectivity index (χ0n) is 10.6. The van der Waals surface area contributed by atoms with Gasteiger partial charge in [-0.1, -0.05) is 6.07 Å². The number of aromatic nitrogens is 1. The Labute approximate surface area is 118 Å². The Kier molecular flexibility index (Phi) is 3.36. The predicted molar refractivity (Wildman–Crippen MR) is 75.0 cm³/mol. The van der Waals surface area contributed by atoms with Crippen molar-refractivity contribution < 1.29 is 13.5 Å². The van der Waals surface area contributed by atoms with Crippen LogP contribution in [0.5, 0.6) is 5.75 Å². The van der Waals surface area contributed by atoms with Crippen molar-refractivity contribution >= 4 is 21.6 Å². The van der Waals surface area contributed by atoms with Crippen LogP contribution in [0.3, 0.4) is 0 Å². The third-order valence-corrected chi connectivity index (χ3v) is 3.81. The molecule has 5 heteroatoms. The summed E-state index contributed by atoms with van der Waals surface area (Å²) in [6.07, 6.45) is -0.707. The summed E-state index contributed by atoms with van der Waals surface area (Å²) >= 11 is 1.49. The molecule has 0 amide bonds. The first-order chi connectivity index (χ1) is 9.65. The quantitative estimate of drug-likeness (QED) is 0.697. The second-order valence-electron chi connectivity index (χ2n) is 4.38. The van der Waals surface area contributed by atoms with Crippen LogP contribution in [0.1, 0.15) is 18.6 Å². The van der Waals surface area contributed by atoms with E-state index in [1.807, 2.05) is 12.1 Å². The molecule has 3 aromatic rings. The molecule has 20 heavy (non-hydrogen) atoms. The van der Waals surface area contributed by atoms with Gasteiger partial charge in [0.25, 0.3) is 0 Å². The molecule has 0 radical (unpaired) electrons. The maximum atomic E-state index is 13.7. The van der Waals surface area contributed by atoms with E-state index in [0.717, 1.165) is 10.2 Å². The van der Waals surface area contributed by atoms with Crippen molar-refractivity contribution in [1.82, 2.24) is 4.98 Å². The van der Waals surface area contributed by atoms with Crippen LogP contribution in [-0.4, -0.2) is 4.98 Å². The largest absolute Gasteiger partial charge is 0.486 e. The van der Waals surface area contributed by atoms with Gasteiger partial charge in [-0.3, -0.25) is 0 Å². The summed E-state index contributed by atoms with van der Waals surface area (Å²) in [5.74, 6) is -0.635. The summed E-state index contributed by atoms with van der Waals surface area (Å²) in [6.45, 7) is 1.62. The maximum Gasteiger partial charge on any atom is 0.133 e. The van der Waals surface area contributed by atoms with Crippen molar-refractivity contribution in [1.29, 1.82) is 0 Å². The highest BCUT2D eigenvalue weighted by molar-refractivity contribution is 7.16. The van der Waals surface area contributed by atoms with Crippen LogP contribution in [0.15, 0.2) is 41.9 Å². The van der Waals surface area contributed by atoms with Crippen LogP contribution in [-0.2, 0) is 0 Å². The standard InChI is InChI=1S/C15H11F2NOS/c1-9(15-11(16)3-2-4-12(15)17)19-10-5-6-13-14(7-10)20-8-18-13/h2-9H,1H3. The minimum Gasteiger partial charge on any atom is -0.486 e. The van der Waals surface area contributed by atoms with E-state index in [4.69, 9.17) is 4.74 Å². The third-order valence-electron chi connectivity index (χ3n) is 3.02. The van der Waals surface area contributed by atoms with Gasteiger partial charge >= 0.3 is 0 Å². The number of hydrogen-bond acceptors (Lipinski definition) is 3. The zero-order valence-corrected chi connectivity index (χ0v) is 11.5. The van der Waals surface area contributed by atoms with E-state index in [1.54, 1.807) is 18.5 Å². The lowest BCUT2D eigenvalue weighted by Gasteiger charge is -2.16. The molecule has 3 rings (SSSR count). The number of ether oxygens (including phenoxy) is 1. The lowest BCUT2D eigenvalue weighted by Crippen LogP contribution is -2.08. The molecule has 0 saturated carbocycles. The van der Waals surface area contributed by atoms with Gasteiger partial charge in [0.05, 0.1) is 21.3 Å². The molecule has 2 nitrogen and oxygen atoms in total. The lowest BCUT2D eigenvalue weighted by molar-refractivity contribution is 0.216. The highest BCUT2D eigenvalue weighted by Gasteiger charge is 2.17. The van der Waals surface area contributed by atoms with Crippen molar-refractivity contribution in [3.8, 4) is 5.75 Å². The molecule has 0 bridgehead atoms. The van der Waals surface area contributed by atoms with Crippen molar-refractivity contribution in [2.24, 2.45) is 0 Å². The van der Waals surface area contributed by atoms with Crippen molar-refractivity contribution in [2.75, 3.05) is 0 Å². The van der Waals surface area contributed by atoms with E-state index in [2.05, 4.69) is 4.98 Å². The normalized spacial score (nSPS) is 12.6. The van der Waals surface area contributed by atoms with Gasteiger partial charge in [0, 0.05) is 0 Å². The van der Waals surface area contributed by atoms with Gasteiger partial charge < -0.3 is 4.74 Å². The summed E-state index contributed by atoms with van der Waals surface area (Å²) in [5.41, 5.74) is 2.57. The Morgan fingerprint density at radius 3 is 2.65 bits per heavy atom. The first kappa shape index (κ1) is 13.0. The molecule has 2 aromatic carbocycles. The molecular weight excluding hydrogens is 280 g/mol. The first-order valence-corrected chi connectivity index (χ1v) is 6.97. The molecule has 0 aliphatic rings. The molecule has 102 valence electrons. The van der Waals surface area contributed by atoms with Gasteiger partial charge in [0.1, 0.15) is 23.5 Å². The Bertz CT molecular complexity index is 736. The van der Waals surface area contributed by atoms with Crippen LogP contribution in [0.4, 0.5) is 8.78 Å². The van der Waals surface area contributed by atoms with Gasteiger partial charge in [-0.25, -0.2) is 13.8 Å². The number of fused-ring (bicyclic) bond motifs is 1. The van der Waals surface area contributed by atoms with Crippen LogP contribution >= 0.6 is 11.3 Å². The van der Waals surface area contributed by atoms with Gasteiger partial charge in [-0.15, -0.1) is 11.3 Å². The second-order valence-corrected chi connectivity index (χ2v) is 5.26. The van der Waals surface area contributed by atoms with Crippen LogP contribution in [0, 0.1) is 11.6 Å². The van der Waals surface area contributed by atoms with Crippen molar-refractivity contribution in [3.05, 3.63) is 59.1 Å². The fourth-order valence-corrected chi connectivity index (χ4v) is 2.78. The van der Waals surface area contributed by atoms with Gasteiger partial charge in [0.15, 0.2) is 0 Å². The van der Waals surface area contributed by atoms with E-state index in [1.165, 1.54) is 29.5 Å². The number of nitrogens with zero attached hydrogens (tertiary/aromatic N) is 1. The molecular formula is C15H11F2NOS. The van der Waals surface area contributed by atoms with Gasteiger partial charge in [-0.2, -0.15) is 0 Å². The fraction of sp³-hybridized carbons (Fsp3) is 0.133. The number of rotatable bonds is 3. The molecule has 0 aliphatic carbocycles. The van der Waals surface area contributed by atoms with Gasteiger partial charge in [-0.05, 0) is 37.3 Å². The molecule has 1 atom stereocenters. The van der Waals surface area contributed by atoms with Crippen LogP contribution in [0.2, 0.25) is 0 Å². The third kappa shape index (κ3) is 2.36. The molecule has 0 fully saturated rings. The molecule has 0 N–H and O–H groups in total. The molecule has 1 unspecified atom stereocenters. The summed E-state index contributed by atoms with van der Waals surface area (Å²) in [7, 11) is 0. The highest BCUT2D eigenvalue weighted by atomic mass is 32.1. The van der Waals surface area contributed by atoms with E-state index >= 15 is 0 Å². The summed E-state index contributed by atoms with van der Waals surface area (Å²) < 4.78 is 34.0. The molecule has 1 heterocycles. The van der Waals surface area contributed by atoms with E-state index < -0.39 is 17.7 Å². The summed E-state index contributed by atoms with van der Waals surface area (Å²) in [4.78, 5) is 4.17. The molecule has 0 spiro atoms. The average molecular weight is 291 g/mol. The lowest BCUT2D eigenvalue weighted by atomic mass is 10.1. The molecule has 0 aliphatic heterocycles. The topological polar surface area (TPSA) is 22.1 Å². The second kappa shape index (κ2) is 5.17. The predicted octanol–water partition coefficient (Wildman–Crippen LogP) is 4.71. The fourth-order valence-electron chi connectivity index (χ4n) is 2.07. The Morgan fingerprint density at radius 2 is 1.90 bits per heavy atom. The van der Waals surface area contributed by atoms with Crippen LogP contribution in [0.25, 0.3) is 10.2 Å². The van der Waals surface area contributed by atoms with E-state index in [0.29, 0.717) is 5.75 Å². The van der Waals surface area contributed by atoms with Crippen molar-refractivity contribution in [2.45, 2.75) is 13.0 Å². The summed E-state index contributed by atoms with van der Waals surface area (Å²) in [6, 6.07) is 9.19. The van der Waals surface area contributed by atoms with Gasteiger partial charge in [0.2, 0.25) is 0 Å². The number of benzene rings is 2.